The zero-order valence-corrected chi connectivity index (χ0v) is 17.7. The molecule has 1 heterocycles. The second kappa shape index (κ2) is 8.91. The van der Waals surface area contributed by atoms with E-state index in [1.54, 1.807) is 18.8 Å². The Morgan fingerprint density at radius 3 is 2.72 bits per heavy atom. The maximum absolute atomic E-state index is 12.8. The van der Waals surface area contributed by atoms with Crippen LogP contribution in [0.25, 0.3) is 11.4 Å². The van der Waals surface area contributed by atoms with Crippen molar-refractivity contribution in [2.24, 2.45) is 0 Å². The first-order valence-electron chi connectivity index (χ1n) is 9.16. The Bertz CT molecular complexity index is 1070. The summed E-state index contributed by atoms with van der Waals surface area (Å²) in [5, 5.41) is 10.1. The van der Waals surface area contributed by atoms with E-state index >= 15 is 0 Å². The number of carbonyl (C=O) groups is 1. The minimum Gasteiger partial charge on any atom is -0.497 e. The van der Waals surface area contributed by atoms with Crippen LogP contribution in [0.3, 0.4) is 0 Å². The van der Waals surface area contributed by atoms with Crippen molar-refractivity contribution in [3.8, 4) is 22.9 Å². The van der Waals surface area contributed by atoms with Crippen LogP contribution in [0.1, 0.15) is 24.1 Å². The first kappa shape index (κ1) is 20.6. The van der Waals surface area contributed by atoms with Crippen LogP contribution < -0.4 is 14.8 Å². The molecular formula is C21H24N4O3S. The molecule has 3 aromatic rings. The molecule has 1 aromatic heterocycles. The lowest BCUT2D eigenvalue weighted by atomic mass is 10.1. The fourth-order valence-electron chi connectivity index (χ4n) is 3.16. The summed E-state index contributed by atoms with van der Waals surface area (Å²) in [5.41, 5.74) is 2.83. The molecule has 1 atom stereocenters. The maximum atomic E-state index is 12.8. The highest BCUT2D eigenvalue weighted by molar-refractivity contribution is 7.71. The first-order chi connectivity index (χ1) is 13.9. The summed E-state index contributed by atoms with van der Waals surface area (Å²) < 4.78 is 12.8. The Morgan fingerprint density at radius 2 is 2.03 bits per heavy atom. The quantitative estimate of drug-likeness (QED) is 0.577. The number of nitrogens with zero attached hydrogens (tertiary/aromatic N) is 2. The predicted molar refractivity (Wildman–Crippen MR) is 114 cm³/mol. The van der Waals surface area contributed by atoms with Gasteiger partial charge in [0.25, 0.3) is 0 Å². The molecule has 0 spiro atoms. The number of methoxy groups -OCH3 is 2. The van der Waals surface area contributed by atoms with Gasteiger partial charge in [-0.3, -0.25) is 14.5 Å². The number of aryl methyl sites for hydroxylation is 1. The predicted octanol–water partition coefficient (Wildman–Crippen LogP) is 3.81. The normalized spacial score (nSPS) is 11.7. The van der Waals surface area contributed by atoms with Gasteiger partial charge in [-0.25, -0.2) is 0 Å². The third kappa shape index (κ3) is 4.65. The van der Waals surface area contributed by atoms with Crippen LogP contribution in [0, 0.1) is 11.7 Å². The Labute approximate surface area is 174 Å². The Balaban J connectivity index is 1.80. The highest BCUT2D eigenvalue weighted by Gasteiger charge is 2.17. The van der Waals surface area contributed by atoms with Crippen LogP contribution in [-0.2, 0) is 11.3 Å². The summed E-state index contributed by atoms with van der Waals surface area (Å²) in [4.78, 5) is 12.8. The topological polar surface area (TPSA) is 81.2 Å². The fourth-order valence-corrected chi connectivity index (χ4v) is 3.35. The van der Waals surface area contributed by atoms with Crippen LogP contribution >= 0.6 is 12.2 Å². The highest BCUT2D eigenvalue weighted by Crippen LogP contribution is 2.29. The third-order valence-corrected chi connectivity index (χ3v) is 4.93. The minimum absolute atomic E-state index is 0.0508. The van der Waals surface area contributed by atoms with Crippen molar-refractivity contribution in [1.82, 2.24) is 20.1 Å². The second-order valence-electron chi connectivity index (χ2n) is 6.71. The van der Waals surface area contributed by atoms with Gasteiger partial charge < -0.3 is 14.8 Å². The van der Waals surface area contributed by atoms with E-state index in [4.69, 9.17) is 21.7 Å². The van der Waals surface area contributed by atoms with Gasteiger partial charge in [-0.2, -0.15) is 5.10 Å². The van der Waals surface area contributed by atoms with Crippen molar-refractivity contribution in [2.45, 2.75) is 26.4 Å². The number of amides is 1. The standard InChI is InChI=1S/C21H24N4O3S/c1-13-6-5-7-15(10-13)20-23-24-21(29)25(20)12-19(26)22-14(2)17-11-16(27-3)8-9-18(17)28-4/h5-11,14H,12H2,1-4H3,(H,22,26)(H,24,29)/t14-/m0/s1. The number of aromatic amines is 1. The van der Waals surface area contributed by atoms with Gasteiger partial charge in [-0.1, -0.05) is 23.8 Å². The number of carbonyl (C=O) groups excluding carboxylic acids is 1. The number of benzene rings is 2. The average Bonchev–Trinajstić information content (AvgIpc) is 3.07. The molecule has 0 aliphatic rings. The first-order valence-corrected chi connectivity index (χ1v) is 9.57. The van der Waals surface area contributed by atoms with Gasteiger partial charge in [0.1, 0.15) is 18.0 Å². The van der Waals surface area contributed by atoms with Gasteiger partial charge in [0, 0.05) is 11.1 Å². The third-order valence-electron chi connectivity index (χ3n) is 4.62. The van der Waals surface area contributed by atoms with Crippen molar-refractivity contribution >= 4 is 18.1 Å². The highest BCUT2D eigenvalue weighted by atomic mass is 32.1. The molecule has 2 aromatic carbocycles. The lowest BCUT2D eigenvalue weighted by molar-refractivity contribution is -0.122. The van der Waals surface area contributed by atoms with Crippen molar-refractivity contribution < 1.29 is 14.3 Å². The minimum atomic E-state index is -0.281. The van der Waals surface area contributed by atoms with Crippen molar-refractivity contribution in [2.75, 3.05) is 14.2 Å². The summed E-state index contributed by atoms with van der Waals surface area (Å²) in [7, 11) is 3.20. The van der Waals surface area contributed by atoms with Gasteiger partial charge in [0.05, 0.1) is 20.3 Å². The monoisotopic (exact) mass is 412 g/mol. The van der Waals surface area contributed by atoms with Gasteiger partial charge in [0.15, 0.2) is 10.6 Å². The largest absolute Gasteiger partial charge is 0.497 e. The lowest BCUT2D eigenvalue weighted by Crippen LogP contribution is -2.30. The van der Waals surface area contributed by atoms with Gasteiger partial charge in [-0.05, 0) is 50.3 Å². The molecule has 29 heavy (non-hydrogen) atoms. The van der Waals surface area contributed by atoms with Crippen molar-refractivity contribution in [1.29, 1.82) is 0 Å². The number of hydrogen-bond donors (Lipinski definition) is 2. The van der Waals surface area contributed by atoms with Crippen molar-refractivity contribution in [3.63, 3.8) is 0 Å². The Morgan fingerprint density at radius 1 is 1.24 bits per heavy atom. The zero-order valence-electron chi connectivity index (χ0n) is 16.9. The summed E-state index contributed by atoms with van der Waals surface area (Å²) in [6.45, 7) is 3.95. The van der Waals surface area contributed by atoms with E-state index in [0.29, 0.717) is 22.1 Å². The SMILES string of the molecule is COc1ccc(OC)c([C@H](C)NC(=O)Cn2c(-c3cccc(C)c3)n[nH]c2=S)c1. The molecule has 0 unspecified atom stereocenters. The smallest absolute Gasteiger partial charge is 0.240 e. The van der Waals surface area contributed by atoms with Crippen LogP contribution in [0.5, 0.6) is 11.5 Å². The molecular weight excluding hydrogens is 388 g/mol. The number of hydrogen-bond acceptors (Lipinski definition) is 5. The van der Waals surface area contributed by atoms with E-state index in [2.05, 4.69) is 15.5 Å². The van der Waals surface area contributed by atoms with Crippen LogP contribution in [0.15, 0.2) is 42.5 Å². The lowest BCUT2D eigenvalue weighted by Gasteiger charge is -2.18. The van der Waals surface area contributed by atoms with Crippen LogP contribution in [0.4, 0.5) is 0 Å². The van der Waals surface area contributed by atoms with Gasteiger partial charge in [-0.15, -0.1) is 0 Å². The molecule has 3 rings (SSSR count). The molecule has 0 radical (unpaired) electrons. The number of rotatable bonds is 7. The van der Waals surface area contributed by atoms with E-state index in [1.807, 2.05) is 56.3 Å². The summed E-state index contributed by atoms with van der Waals surface area (Å²) in [6.07, 6.45) is 0. The molecule has 152 valence electrons. The van der Waals surface area contributed by atoms with Crippen LogP contribution in [-0.4, -0.2) is 34.9 Å². The molecule has 8 heteroatoms. The van der Waals surface area contributed by atoms with E-state index < -0.39 is 0 Å². The van der Waals surface area contributed by atoms with E-state index in [1.165, 1.54) is 0 Å². The second-order valence-corrected chi connectivity index (χ2v) is 7.09. The molecule has 0 fully saturated rings. The van der Waals surface area contributed by atoms with Gasteiger partial charge >= 0.3 is 0 Å². The summed E-state index contributed by atoms with van der Waals surface area (Å²) in [5.74, 6) is 1.81. The molecule has 0 aliphatic heterocycles. The number of aromatic nitrogens is 3. The van der Waals surface area contributed by atoms with E-state index in [0.717, 1.165) is 16.7 Å². The fraction of sp³-hybridized carbons (Fsp3) is 0.286. The molecule has 1 amide bonds. The van der Waals surface area contributed by atoms with E-state index in [9.17, 15) is 4.79 Å². The Hall–Kier alpha value is -3.13. The summed E-state index contributed by atoms with van der Waals surface area (Å²) in [6, 6.07) is 13.1. The van der Waals surface area contributed by atoms with Gasteiger partial charge in [0.2, 0.25) is 5.91 Å². The maximum Gasteiger partial charge on any atom is 0.240 e. The number of H-pyrrole nitrogens is 1. The average molecular weight is 413 g/mol. The number of ether oxygens (including phenoxy) is 2. The molecule has 7 nitrogen and oxygen atoms in total. The molecule has 0 saturated heterocycles. The van der Waals surface area contributed by atoms with E-state index in [-0.39, 0.29) is 18.5 Å². The molecule has 0 bridgehead atoms. The van der Waals surface area contributed by atoms with Crippen molar-refractivity contribution in [3.05, 3.63) is 58.4 Å². The van der Waals surface area contributed by atoms with Crippen LogP contribution in [0.2, 0.25) is 0 Å². The molecule has 0 saturated carbocycles. The molecule has 2 N–H and O–H groups in total. The number of nitrogens with one attached hydrogen (secondary N) is 2. The Kier molecular flexibility index (Phi) is 6.33. The zero-order chi connectivity index (χ0) is 21.0. The molecule has 0 aliphatic carbocycles. The summed E-state index contributed by atoms with van der Waals surface area (Å²) >= 11 is 5.33.